The normalized spacial score (nSPS) is 17.2. The summed E-state index contributed by atoms with van der Waals surface area (Å²) in [5.41, 5.74) is 0.638. The molecule has 0 radical (unpaired) electrons. The lowest BCUT2D eigenvalue weighted by Crippen LogP contribution is -2.45. The van der Waals surface area contributed by atoms with Crippen molar-refractivity contribution in [1.82, 2.24) is 9.80 Å². The van der Waals surface area contributed by atoms with Crippen LogP contribution in [0.4, 0.5) is 4.39 Å². The molecule has 1 aromatic carbocycles. The zero-order valence-electron chi connectivity index (χ0n) is 12.9. The summed E-state index contributed by atoms with van der Waals surface area (Å²) >= 11 is 0. The van der Waals surface area contributed by atoms with Crippen LogP contribution < -0.4 is 0 Å². The fourth-order valence-electron chi connectivity index (χ4n) is 2.51. The van der Waals surface area contributed by atoms with Gasteiger partial charge in [-0.2, -0.15) is 0 Å². The van der Waals surface area contributed by atoms with Crippen molar-refractivity contribution >= 4 is 5.91 Å². The molecule has 6 heteroatoms. The largest absolute Gasteiger partial charge is 0.390 e. The molecule has 0 aliphatic carbocycles. The molecule has 1 atom stereocenters. The Labute approximate surface area is 130 Å². The molecule has 1 heterocycles. The maximum atomic E-state index is 13.1. The predicted octanol–water partition coefficient (Wildman–Crippen LogP) is 0.520. The van der Waals surface area contributed by atoms with Crippen LogP contribution >= 0.6 is 0 Å². The van der Waals surface area contributed by atoms with Crippen molar-refractivity contribution in [3.63, 3.8) is 0 Å². The van der Waals surface area contributed by atoms with E-state index in [0.717, 1.165) is 13.1 Å². The summed E-state index contributed by atoms with van der Waals surface area (Å²) in [6.07, 6.45) is -0.460. The van der Waals surface area contributed by atoms with Crippen LogP contribution in [0.15, 0.2) is 24.3 Å². The zero-order valence-corrected chi connectivity index (χ0v) is 12.9. The Morgan fingerprint density at radius 3 is 2.86 bits per heavy atom. The van der Waals surface area contributed by atoms with E-state index in [-0.39, 0.29) is 24.7 Å². The minimum atomic E-state index is -0.598. The van der Waals surface area contributed by atoms with Crippen molar-refractivity contribution in [2.45, 2.75) is 12.5 Å². The van der Waals surface area contributed by atoms with Gasteiger partial charge in [-0.15, -0.1) is 0 Å². The summed E-state index contributed by atoms with van der Waals surface area (Å²) in [5.74, 6) is -0.480. The molecule has 1 fully saturated rings. The highest BCUT2D eigenvalue weighted by atomic mass is 19.1. The summed E-state index contributed by atoms with van der Waals surface area (Å²) in [5, 5.41) is 10.1. The van der Waals surface area contributed by atoms with Gasteiger partial charge in [0.2, 0.25) is 5.91 Å². The van der Waals surface area contributed by atoms with Crippen LogP contribution in [0, 0.1) is 5.82 Å². The molecule has 1 unspecified atom stereocenters. The first kappa shape index (κ1) is 16.9. The molecule has 0 spiro atoms. The number of halogens is 1. The Bertz CT molecular complexity index is 492. The van der Waals surface area contributed by atoms with Gasteiger partial charge in [0.25, 0.3) is 0 Å². The summed E-state index contributed by atoms with van der Waals surface area (Å²) in [6, 6.07) is 6.02. The molecular weight excluding hydrogens is 287 g/mol. The third-order valence-electron chi connectivity index (χ3n) is 3.73. The van der Waals surface area contributed by atoms with Crippen LogP contribution in [-0.4, -0.2) is 73.4 Å². The van der Waals surface area contributed by atoms with E-state index in [1.165, 1.54) is 17.0 Å². The van der Waals surface area contributed by atoms with Crippen LogP contribution in [0.25, 0.3) is 0 Å². The van der Waals surface area contributed by atoms with Gasteiger partial charge in [0.1, 0.15) is 5.82 Å². The van der Waals surface area contributed by atoms with Gasteiger partial charge >= 0.3 is 0 Å². The molecule has 1 aliphatic rings. The summed E-state index contributed by atoms with van der Waals surface area (Å²) < 4.78 is 18.4. The lowest BCUT2D eigenvalue weighted by molar-refractivity contribution is -0.130. The van der Waals surface area contributed by atoms with Crippen molar-refractivity contribution in [2.24, 2.45) is 0 Å². The van der Waals surface area contributed by atoms with Gasteiger partial charge in [-0.05, 0) is 17.7 Å². The number of nitrogens with zero attached hydrogens (tertiary/aromatic N) is 2. The highest BCUT2D eigenvalue weighted by Crippen LogP contribution is 2.06. The van der Waals surface area contributed by atoms with Crippen LogP contribution in [0.1, 0.15) is 5.56 Å². The molecule has 1 saturated heterocycles. The molecule has 0 aromatic heterocycles. The van der Waals surface area contributed by atoms with Crippen molar-refractivity contribution in [1.29, 1.82) is 0 Å². The Morgan fingerprint density at radius 2 is 2.18 bits per heavy atom. The van der Waals surface area contributed by atoms with E-state index < -0.39 is 6.10 Å². The molecule has 122 valence electrons. The fraction of sp³-hybridized carbons (Fsp3) is 0.562. The number of hydrogen-bond acceptors (Lipinski definition) is 4. The van der Waals surface area contributed by atoms with Gasteiger partial charge in [0, 0.05) is 33.2 Å². The lowest BCUT2D eigenvalue weighted by Gasteiger charge is -2.30. The topological polar surface area (TPSA) is 53.0 Å². The van der Waals surface area contributed by atoms with E-state index in [1.807, 2.05) is 0 Å². The van der Waals surface area contributed by atoms with Gasteiger partial charge in [0.15, 0.2) is 0 Å². The number of β-amino-alcohol motifs (C(OH)–C–C–N with tert-alkyl or cyclic N) is 1. The standard InChI is InChI=1S/C16H23FN2O3/c1-18(11-15(20)12-19-5-7-22-8-6-19)16(21)10-13-3-2-4-14(17)9-13/h2-4,9,15,20H,5-8,10-12H2,1H3. The third-order valence-corrected chi connectivity index (χ3v) is 3.73. The van der Waals surface area contributed by atoms with Crippen molar-refractivity contribution < 1.29 is 19.0 Å². The number of carbonyl (C=O) groups is 1. The first-order valence-corrected chi connectivity index (χ1v) is 7.51. The average molecular weight is 310 g/mol. The van der Waals surface area contributed by atoms with E-state index in [1.54, 1.807) is 19.2 Å². The van der Waals surface area contributed by atoms with Crippen molar-refractivity contribution in [2.75, 3.05) is 46.4 Å². The molecule has 22 heavy (non-hydrogen) atoms. The second-order valence-electron chi connectivity index (χ2n) is 5.65. The number of ether oxygens (including phenoxy) is 1. The fourth-order valence-corrected chi connectivity index (χ4v) is 2.51. The molecule has 2 rings (SSSR count). The van der Waals surface area contributed by atoms with E-state index in [4.69, 9.17) is 4.74 Å². The minimum Gasteiger partial charge on any atom is -0.390 e. The number of morpholine rings is 1. The molecule has 1 aromatic rings. The molecule has 0 saturated carbocycles. The van der Waals surface area contributed by atoms with Gasteiger partial charge < -0.3 is 14.7 Å². The second-order valence-corrected chi connectivity index (χ2v) is 5.65. The molecule has 1 aliphatic heterocycles. The molecular formula is C16H23FN2O3. The first-order valence-electron chi connectivity index (χ1n) is 7.51. The summed E-state index contributed by atoms with van der Waals surface area (Å²) in [6.45, 7) is 3.77. The maximum absolute atomic E-state index is 13.1. The Hall–Kier alpha value is -1.50. The smallest absolute Gasteiger partial charge is 0.226 e. The molecule has 5 nitrogen and oxygen atoms in total. The van der Waals surface area contributed by atoms with E-state index in [2.05, 4.69) is 4.90 Å². The Kier molecular flexibility index (Phi) is 6.30. The van der Waals surface area contributed by atoms with Gasteiger partial charge in [-0.1, -0.05) is 12.1 Å². The third kappa shape index (κ3) is 5.36. The van der Waals surface area contributed by atoms with Crippen LogP contribution in [0.5, 0.6) is 0 Å². The van der Waals surface area contributed by atoms with Crippen molar-refractivity contribution in [3.8, 4) is 0 Å². The SMILES string of the molecule is CN(CC(O)CN1CCOCC1)C(=O)Cc1cccc(F)c1. The highest BCUT2D eigenvalue weighted by molar-refractivity contribution is 5.78. The minimum absolute atomic E-state index is 0.133. The summed E-state index contributed by atoms with van der Waals surface area (Å²) in [7, 11) is 1.66. The van der Waals surface area contributed by atoms with Crippen LogP contribution in [0.2, 0.25) is 0 Å². The number of aliphatic hydroxyl groups excluding tert-OH is 1. The number of benzene rings is 1. The predicted molar refractivity (Wildman–Crippen MR) is 81.0 cm³/mol. The lowest BCUT2D eigenvalue weighted by atomic mass is 10.1. The molecule has 1 amide bonds. The number of aliphatic hydroxyl groups is 1. The quantitative estimate of drug-likeness (QED) is 0.832. The number of carbonyl (C=O) groups excluding carboxylic acids is 1. The number of amides is 1. The van der Waals surface area contributed by atoms with E-state index in [0.29, 0.717) is 25.3 Å². The van der Waals surface area contributed by atoms with E-state index >= 15 is 0 Å². The first-order chi connectivity index (χ1) is 10.5. The molecule has 0 bridgehead atoms. The average Bonchev–Trinajstić information content (AvgIpc) is 2.48. The maximum Gasteiger partial charge on any atom is 0.226 e. The number of hydrogen-bond donors (Lipinski definition) is 1. The molecule has 1 N–H and O–H groups in total. The van der Waals surface area contributed by atoms with Gasteiger partial charge in [-0.25, -0.2) is 4.39 Å². The zero-order chi connectivity index (χ0) is 15.9. The van der Waals surface area contributed by atoms with Gasteiger partial charge in [0.05, 0.1) is 25.7 Å². The van der Waals surface area contributed by atoms with Crippen LogP contribution in [-0.2, 0) is 16.0 Å². The Balaban J connectivity index is 1.77. The summed E-state index contributed by atoms with van der Waals surface area (Å²) in [4.78, 5) is 15.7. The van der Waals surface area contributed by atoms with Crippen molar-refractivity contribution in [3.05, 3.63) is 35.6 Å². The monoisotopic (exact) mass is 310 g/mol. The second kappa shape index (κ2) is 8.22. The van der Waals surface area contributed by atoms with E-state index in [9.17, 15) is 14.3 Å². The number of likely N-dealkylation sites (N-methyl/N-ethyl adjacent to an activating group) is 1. The Morgan fingerprint density at radius 1 is 1.45 bits per heavy atom. The highest BCUT2D eigenvalue weighted by Gasteiger charge is 2.18. The number of rotatable bonds is 6. The van der Waals surface area contributed by atoms with Gasteiger partial charge in [-0.3, -0.25) is 9.69 Å². The van der Waals surface area contributed by atoms with Crippen LogP contribution in [0.3, 0.4) is 0 Å².